The average Bonchev–Trinajstić information content (AvgIpc) is 3.20. The monoisotopic (exact) mass is 630 g/mol. The summed E-state index contributed by atoms with van der Waals surface area (Å²) in [6, 6.07) is 15.2. The molecule has 0 atom stereocenters. The number of nitrogens with zero attached hydrogens (tertiary/aromatic N) is 1. The van der Waals surface area contributed by atoms with Crippen LogP contribution in [-0.4, -0.2) is 42.9 Å². The summed E-state index contributed by atoms with van der Waals surface area (Å²) in [7, 11) is 2.71. The van der Waals surface area contributed by atoms with Gasteiger partial charge in [-0.05, 0) is 82.2 Å². The number of thioether (sulfide) groups is 1. The summed E-state index contributed by atoms with van der Waals surface area (Å²) in [5.74, 6) is -1.09. The van der Waals surface area contributed by atoms with Crippen molar-refractivity contribution in [1.82, 2.24) is 0 Å². The number of methoxy groups -OCH3 is 2. The van der Waals surface area contributed by atoms with Crippen LogP contribution >= 0.6 is 39.9 Å². The van der Waals surface area contributed by atoms with Crippen LogP contribution in [0.15, 0.2) is 70.0 Å². The van der Waals surface area contributed by atoms with Gasteiger partial charge in [-0.25, -0.2) is 9.18 Å². The molecule has 0 saturated carbocycles. The van der Waals surface area contributed by atoms with Gasteiger partial charge in [0.05, 0.1) is 29.3 Å². The maximum absolute atomic E-state index is 13.3. The summed E-state index contributed by atoms with van der Waals surface area (Å²) in [6.07, 6.45) is 1.65. The molecular formula is C27H20BrFN2O6S2. The molecule has 3 aromatic carbocycles. The van der Waals surface area contributed by atoms with E-state index in [1.807, 2.05) is 0 Å². The van der Waals surface area contributed by atoms with Gasteiger partial charge in [0.15, 0.2) is 22.4 Å². The second-order valence-electron chi connectivity index (χ2n) is 7.93. The predicted molar refractivity (Wildman–Crippen MR) is 155 cm³/mol. The maximum atomic E-state index is 13.3. The lowest BCUT2D eigenvalue weighted by atomic mass is 10.1. The van der Waals surface area contributed by atoms with Crippen molar-refractivity contribution >= 4 is 79.5 Å². The Morgan fingerprint density at radius 1 is 1.13 bits per heavy atom. The Balaban J connectivity index is 1.55. The van der Waals surface area contributed by atoms with E-state index in [-0.39, 0.29) is 12.5 Å². The standard InChI is InChI=1S/C27H20BrFN2O6S2/c1-35-21-11-15(10-20(28)24(21)37-14-23(32)36-2)12-22-26(34)31(27(38)39-22)19-5-3-4-16(13-19)25(33)30-18-8-6-17(29)7-9-18/h3-13H,14H2,1-2H3,(H,30,33)/b22-12+. The minimum atomic E-state index is -0.547. The van der Waals surface area contributed by atoms with E-state index in [1.165, 1.54) is 43.4 Å². The van der Waals surface area contributed by atoms with Crippen LogP contribution in [0.4, 0.5) is 15.8 Å². The van der Waals surface area contributed by atoms with Gasteiger partial charge in [-0.1, -0.05) is 30.0 Å². The van der Waals surface area contributed by atoms with Gasteiger partial charge < -0.3 is 19.5 Å². The van der Waals surface area contributed by atoms with E-state index in [2.05, 4.69) is 26.0 Å². The lowest BCUT2D eigenvalue weighted by molar-refractivity contribution is -0.142. The van der Waals surface area contributed by atoms with Gasteiger partial charge in [0.1, 0.15) is 5.82 Å². The topological polar surface area (TPSA) is 94.2 Å². The molecule has 0 unspecified atom stereocenters. The second kappa shape index (κ2) is 12.4. The van der Waals surface area contributed by atoms with Crippen molar-refractivity contribution in [3.05, 3.63) is 87.0 Å². The molecule has 200 valence electrons. The minimum absolute atomic E-state index is 0.297. The van der Waals surface area contributed by atoms with E-state index < -0.39 is 17.7 Å². The van der Waals surface area contributed by atoms with Gasteiger partial charge in [0, 0.05) is 11.3 Å². The van der Waals surface area contributed by atoms with Crippen LogP contribution in [-0.2, 0) is 14.3 Å². The molecule has 1 aliphatic rings. The third-order valence-corrected chi connectivity index (χ3v) is 7.27. The van der Waals surface area contributed by atoms with E-state index in [1.54, 1.807) is 42.5 Å². The fourth-order valence-corrected chi connectivity index (χ4v) is 5.39. The first-order chi connectivity index (χ1) is 18.7. The van der Waals surface area contributed by atoms with Crippen LogP contribution in [0.5, 0.6) is 11.5 Å². The number of benzene rings is 3. The summed E-state index contributed by atoms with van der Waals surface area (Å²) >= 11 is 10.0. The van der Waals surface area contributed by atoms with E-state index in [0.717, 1.165) is 11.8 Å². The minimum Gasteiger partial charge on any atom is -0.493 e. The first-order valence-electron chi connectivity index (χ1n) is 11.2. The lowest BCUT2D eigenvalue weighted by Crippen LogP contribution is -2.27. The number of esters is 1. The molecule has 4 rings (SSSR count). The number of nitrogens with one attached hydrogen (secondary N) is 1. The summed E-state index contributed by atoms with van der Waals surface area (Å²) in [4.78, 5) is 39.2. The zero-order valence-corrected chi connectivity index (χ0v) is 23.7. The molecular weight excluding hydrogens is 611 g/mol. The van der Waals surface area contributed by atoms with Gasteiger partial charge in [-0.2, -0.15) is 0 Å². The lowest BCUT2D eigenvalue weighted by Gasteiger charge is -2.15. The highest BCUT2D eigenvalue weighted by Gasteiger charge is 2.33. The van der Waals surface area contributed by atoms with E-state index in [4.69, 9.17) is 21.7 Å². The third-order valence-electron chi connectivity index (χ3n) is 5.37. The highest BCUT2D eigenvalue weighted by molar-refractivity contribution is 9.10. The van der Waals surface area contributed by atoms with Gasteiger partial charge >= 0.3 is 5.97 Å². The molecule has 1 N–H and O–H groups in total. The molecule has 12 heteroatoms. The van der Waals surface area contributed by atoms with Gasteiger partial charge in [-0.15, -0.1) is 0 Å². The summed E-state index contributed by atoms with van der Waals surface area (Å²) in [6.45, 7) is -0.301. The highest BCUT2D eigenvalue weighted by atomic mass is 79.9. The first-order valence-corrected chi connectivity index (χ1v) is 13.2. The number of hydrogen-bond acceptors (Lipinski definition) is 8. The van der Waals surface area contributed by atoms with Crippen molar-refractivity contribution in [3.8, 4) is 11.5 Å². The van der Waals surface area contributed by atoms with Crippen LogP contribution in [0.2, 0.25) is 0 Å². The Kier molecular flexibility index (Phi) is 9.00. The Labute approximate surface area is 241 Å². The van der Waals surface area contributed by atoms with E-state index in [0.29, 0.717) is 47.7 Å². The maximum Gasteiger partial charge on any atom is 0.343 e. The Bertz CT molecular complexity index is 1500. The van der Waals surface area contributed by atoms with Crippen molar-refractivity contribution < 1.29 is 33.0 Å². The molecule has 1 fully saturated rings. The Morgan fingerprint density at radius 2 is 1.87 bits per heavy atom. The smallest absolute Gasteiger partial charge is 0.343 e. The number of amides is 2. The number of halogens is 2. The molecule has 1 saturated heterocycles. The largest absolute Gasteiger partial charge is 0.493 e. The van der Waals surface area contributed by atoms with Crippen LogP contribution in [0.1, 0.15) is 15.9 Å². The van der Waals surface area contributed by atoms with E-state index in [9.17, 15) is 18.8 Å². The van der Waals surface area contributed by atoms with Crippen molar-refractivity contribution in [1.29, 1.82) is 0 Å². The number of ether oxygens (including phenoxy) is 3. The van der Waals surface area contributed by atoms with Crippen LogP contribution in [0.3, 0.4) is 0 Å². The van der Waals surface area contributed by atoms with Gasteiger partial charge in [0.2, 0.25) is 0 Å². The molecule has 0 spiro atoms. The molecule has 8 nitrogen and oxygen atoms in total. The van der Waals surface area contributed by atoms with Crippen molar-refractivity contribution in [3.63, 3.8) is 0 Å². The highest BCUT2D eigenvalue weighted by Crippen LogP contribution is 2.40. The molecule has 1 aliphatic heterocycles. The Morgan fingerprint density at radius 3 is 2.56 bits per heavy atom. The second-order valence-corrected chi connectivity index (χ2v) is 10.5. The van der Waals surface area contributed by atoms with Crippen molar-refractivity contribution in [2.45, 2.75) is 0 Å². The zero-order chi connectivity index (χ0) is 28.1. The summed E-state index contributed by atoms with van der Waals surface area (Å²) < 4.78 is 29.5. The number of rotatable bonds is 8. The number of thiocarbonyl (C=S) groups is 1. The van der Waals surface area contributed by atoms with Crippen LogP contribution < -0.4 is 19.7 Å². The fourth-order valence-electron chi connectivity index (χ4n) is 3.52. The summed E-state index contributed by atoms with van der Waals surface area (Å²) in [5.41, 5.74) is 1.78. The molecule has 2 amide bonds. The molecule has 1 heterocycles. The third kappa shape index (κ3) is 6.64. The molecule has 0 aliphatic carbocycles. The number of carbonyl (C=O) groups is 3. The normalized spacial score (nSPS) is 13.9. The van der Waals surface area contributed by atoms with Crippen molar-refractivity contribution in [2.24, 2.45) is 0 Å². The average molecular weight is 632 g/mol. The van der Waals surface area contributed by atoms with Gasteiger partial charge in [0.25, 0.3) is 11.8 Å². The quantitative estimate of drug-likeness (QED) is 0.189. The molecule has 39 heavy (non-hydrogen) atoms. The number of carbonyl (C=O) groups excluding carboxylic acids is 3. The van der Waals surface area contributed by atoms with Crippen LogP contribution in [0, 0.1) is 5.82 Å². The fraction of sp³-hybridized carbons (Fsp3) is 0.111. The molecule has 0 radical (unpaired) electrons. The van der Waals surface area contributed by atoms with Gasteiger partial charge in [-0.3, -0.25) is 14.5 Å². The van der Waals surface area contributed by atoms with E-state index >= 15 is 0 Å². The molecule has 3 aromatic rings. The first kappa shape index (κ1) is 28.3. The number of hydrogen-bond donors (Lipinski definition) is 1. The number of anilines is 2. The van der Waals surface area contributed by atoms with Crippen molar-refractivity contribution in [2.75, 3.05) is 31.0 Å². The van der Waals surface area contributed by atoms with Crippen LogP contribution in [0.25, 0.3) is 6.08 Å². The zero-order valence-electron chi connectivity index (χ0n) is 20.5. The predicted octanol–water partition coefficient (Wildman–Crippen LogP) is 5.81. The Hall–Kier alpha value is -3.74. The summed E-state index contributed by atoms with van der Waals surface area (Å²) in [5, 5.41) is 2.70. The molecule has 0 aromatic heterocycles. The molecule has 0 bridgehead atoms. The SMILES string of the molecule is COC(=O)COc1c(Br)cc(/C=C2/SC(=S)N(c3cccc(C(=O)Nc4ccc(F)cc4)c3)C2=O)cc1OC.